The van der Waals surface area contributed by atoms with Crippen LogP contribution >= 0.6 is 0 Å². The Kier molecular flexibility index (Phi) is 6.18. The second kappa shape index (κ2) is 9.43. The number of imidazole rings is 1. The van der Waals surface area contributed by atoms with Gasteiger partial charge in [0, 0.05) is 13.1 Å². The van der Waals surface area contributed by atoms with E-state index in [2.05, 4.69) is 20.1 Å². The fraction of sp³-hybridized carbons (Fsp3) is 0.250. The molecule has 1 aliphatic heterocycles. The number of aromatic nitrogens is 4. The summed E-state index contributed by atoms with van der Waals surface area (Å²) in [6.07, 6.45) is 3.15. The zero-order valence-corrected chi connectivity index (χ0v) is 20.1. The van der Waals surface area contributed by atoms with Crippen LogP contribution in [0.2, 0.25) is 0 Å². The van der Waals surface area contributed by atoms with Crippen LogP contribution in [0.25, 0.3) is 11.2 Å². The van der Waals surface area contributed by atoms with Gasteiger partial charge in [-0.25, -0.2) is 9.66 Å². The molecule has 2 aromatic carbocycles. The van der Waals surface area contributed by atoms with Gasteiger partial charge in [0.1, 0.15) is 11.2 Å². The van der Waals surface area contributed by atoms with E-state index in [1.807, 2.05) is 43.0 Å². The van der Waals surface area contributed by atoms with Crippen molar-refractivity contribution < 1.29 is 17.3 Å². The second-order valence-corrected chi connectivity index (χ2v) is 9.75. The van der Waals surface area contributed by atoms with Crippen molar-refractivity contribution >= 4 is 33.4 Å². The molecule has 1 saturated heterocycles. The van der Waals surface area contributed by atoms with Gasteiger partial charge in [-0.2, -0.15) is 23.5 Å². The van der Waals surface area contributed by atoms with Crippen molar-refractivity contribution in [2.75, 3.05) is 31.2 Å². The molecule has 5 rings (SSSR count). The van der Waals surface area contributed by atoms with Crippen molar-refractivity contribution in [1.82, 2.24) is 19.6 Å². The van der Waals surface area contributed by atoms with Gasteiger partial charge in [0.2, 0.25) is 5.95 Å². The first-order valence-corrected chi connectivity index (χ1v) is 12.5. The minimum absolute atomic E-state index is 0.0275. The molecule has 180 valence electrons. The van der Waals surface area contributed by atoms with Crippen LogP contribution in [0.4, 0.5) is 5.95 Å². The Balaban J connectivity index is 1.57. The van der Waals surface area contributed by atoms with Crippen molar-refractivity contribution in [2.45, 2.75) is 18.7 Å². The van der Waals surface area contributed by atoms with E-state index >= 15 is 0 Å². The molecule has 35 heavy (non-hydrogen) atoms. The minimum atomic E-state index is -4.14. The minimum Gasteiger partial charge on any atom is -0.378 e. The standard InChI is InChI=1S/C24H24N6O4S/c1-17-6-8-20(9-7-17)35(31,32)34-23-21-22(27-24(28-23)29-10-12-33-13-11-29)30(16-25-21)26-15-19-5-3-4-18(2)14-19/h3-9,14-16H,10-13H2,1-2H3/b26-15+. The zero-order chi connectivity index (χ0) is 24.4. The third-order valence-electron chi connectivity index (χ3n) is 5.50. The van der Waals surface area contributed by atoms with Gasteiger partial charge in [-0.3, -0.25) is 0 Å². The molecule has 0 bridgehead atoms. The van der Waals surface area contributed by atoms with Crippen LogP contribution in [-0.4, -0.2) is 60.6 Å². The average molecular weight is 493 g/mol. The van der Waals surface area contributed by atoms with Crippen LogP contribution < -0.4 is 9.08 Å². The summed E-state index contributed by atoms with van der Waals surface area (Å²) >= 11 is 0. The van der Waals surface area contributed by atoms with Gasteiger partial charge in [-0.05, 0) is 31.5 Å². The number of benzene rings is 2. The lowest BCUT2D eigenvalue weighted by Gasteiger charge is -2.26. The molecule has 0 amide bonds. The summed E-state index contributed by atoms with van der Waals surface area (Å²) in [7, 11) is -4.14. The largest absolute Gasteiger partial charge is 0.378 e. The Morgan fingerprint density at radius 1 is 1.03 bits per heavy atom. The Labute approximate surface area is 203 Å². The fourth-order valence-corrected chi connectivity index (χ4v) is 4.53. The maximum atomic E-state index is 13.0. The maximum absolute atomic E-state index is 13.0. The molecule has 4 aromatic rings. The van der Waals surface area contributed by atoms with Crippen molar-refractivity contribution in [3.05, 3.63) is 71.5 Å². The molecule has 1 fully saturated rings. The van der Waals surface area contributed by atoms with Crippen LogP contribution in [0.1, 0.15) is 16.7 Å². The molecule has 0 atom stereocenters. The Bertz CT molecular complexity index is 1490. The lowest BCUT2D eigenvalue weighted by molar-refractivity contribution is 0.122. The molecule has 1 aliphatic rings. The SMILES string of the molecule is Cc1ccc(S(=O)(=O)Oc2nc(N3CCOCC3)nc3c2ncn3/N=C/c2cccc(C)c2)cc1. The van der Waals surface area contributed by atoms with Gasteiger partial charge in [0.15, 0.2) is 11.2 Å². The number of fused-ring (bicyclic) bond motifs is 1. The predicted octanol–water partition coefficient (Wildman–Crippen LogP) is 2.93. The van der Waals surface area contributed by atoms with Gasteiger partial charge in [-0.15, -0.1) is 0 Å². The quantitative estimate of drug-likeness (QED) is 0.298. The van der Waals surface area contributed by atoms with Gasteiger partial charge in [0.05, 0.1) is 19.4 Å². The zero-order valence-electron chi connectivity index (χ0n) is 19.3. The third-order valence-corrected chi connectivity index (χ3v) is 6.73. The summed E-state index contributed by atoms with van der Waals surface area (Å²) in [5.41, 5.74) is 3.48. The smallest absolute Gasteiger partial charge is 0.340 e. The van der Waals surface area contributed by atoms with Gasteiger partial charge < -0.3 is 13.8 Å². The summed E-state index contributed by atoms with van der Waals surface area (Å²) in [6.45, 7) is 6.05. The number of aryl methyl sites for hydroxylation is 2. The van der Waals surface area contributed by atoms with Gasteiger partial charge >= 0.3 is 10.1 Å². The molecule has 0 radical (unpaired) electrons. The van der Waals surface area contributed by atoms with Crippen molar-refractivity contribution in [3.8, 4) is 5.88 Å². The number of hydrogen-bond acceptors (Lipinski definition) is 9. The van der Waals surface area contributed by atoms with Gasteiger partial charge in [0.25, 0.3) is 5.88 Å². The molecule has 0 aliphatic carbocycles. The highest BCUT2D eigenvalue weighted by Gasteiger charge is 2.25. The van der Waals surface area contributed by atoms with Crippen LogP contribution in [-0.2, 0) is 14.9 Å². The van der Waals surface area contributed by atoms with E-state index < -0.39 is 10.1 Å². The monoisotopic (exact) mass is 492 g/mol. The van der Waals surface area contributed by atoms with Crippen LogP contribution in [0.15, 0.2) is 64.9 Å². The molecule has 0 spiro atoms. The number of rotatable bonds is 6. The molecular formula is C24H24N6O4S. The van der Waals surface area contributed by atoms with Crippen LogP contribution in [0.5, 0.6) is 5.88 Å². The number of anilines is 1. The number of ether oxygens (including phenoxy) is 1. The summed E-state index contributed by atoms with van der Waals surface area (Å²) in [4.78, 5) is 15.3. The summed E-state index contributed by atoms with van der Waals surface area (Å²) in [5, 5.41) is 4.49. The molecular weight excluding hydrogens is 468 g/mol. The first-order chi connectivity index (χ1) is 16.9. The summed E-state index contributed by atoms with van der Waals surface area (Å²) in [6, 6.07) is 14.3. The summed E-state index contributed by atoms with van der Waals surface area (Å²) < 4.78 is 38.4. The first-order valence-electron chi connectivity index (χ1n) is 11.1. The molecule has 2 aromatic heterocycles. The lowest BCUT2D eigenvalue weighted by Crippen LogP contribution is -2.37. The predicted molar refractivity (Wildman–Crippen MR) is 132 cm³/mol. The Hall–Kier alpha value is -3.83. The highest BCUT2D eigenvalue weighted by atomic mass is 32.2. The number of morpholine rings is 1. The van der Waals surface area contributed by atoms with Gasteiger partial charge in [-0.1, -0.05) is 47.5 Å². The number of hydrogen-bond donors (Lipinski definition) is 0. The van der Waals surface area contributed by atoms with Crippen molar-refractivity contribution in [1.29, 1.82) is 0 Å². The lowest BCUT2D eigenvalue weighted by atomic mass is 10.2. The van der Waals surface area contributed by atoms with Crippen molar-refractivity contribution in [3.63, 3.8) is 0 Å². The van der Waals surface area contributed by atoms with E-state index in [1.165, 1.54) is 23.1 Å². The average Bonchev–Trinajstić information content (AvgIpc) is 3.27. The second-order valence-electron chi connectivity index (χ2n) is 8.20. The van der Waals surface area contributed by atoms with E-state index in [0.29, 0.717) is 37.9 Å². The first kappa shape index (κ1) is 22.9. The molecule has 0 saturated carbocycles. The maximum Gasteiger partial charge on any atom is 0.340 e. The summed E-state index contributed by atoms with van der Waals surface area (Å²) in [5.74, 6) is 0.170. The van der Waals surface area contributed by atoms with Crippen molar-refractivity contribution in [2.24, 2.45) is 5.10 Å². The normalized spacial score (nSPS) is 14.6. The van der Waals surface area contributed by atoms with Crippen LogP contribution in [0.3, 0.4) is 0 Å². The molecule has 10 nitrogen and oxygen atoms in total. The molecule has 0 unspecified atom stereocenters. The van der Waals surface area contributed by atoms with E-state index in [-0.39, 0.29) is 16.3 Å². The third kappa shape index (κ3) is 5.00. The molecule has 11 heteroatoms. The highest BCUT2D eigenvalue weighted by molar-refractivity contribution is 7.87. The highest BCUT2D eigenvalue weighted by Crippen LogP contribution is 2.28. The Morgan fingerprint density at radius 3 is 2.54 bits per heavy atom. The van der Waals surface area contributed by atoms with E-state index in [9.17, 15) is 8.42 Å². The molecule has 3 heterocycles. The topological polar surface area (TPSA) is 112 Å². The van der Waals surface area contributed by atoms with E-state index in [1.54, 1.807) is 18.3 Å². The van der Waals surface area contributed by atoms with E-state index in [4.69, 9.17) is 8.92 Å². The van der Waals surface area contributed by atoms with E-state index in [0.717, 1.165) is 16.7 Å². The number of nitrogens with zero attached hydrogens (tertiary/aromatic N) is 6. The fourth-order valence-electron chi connectivity index (χ4n) is 3.64. The molecule has 0 N–H and O–H groups in total. The Morgan fingerprint density at radius 2 is 1.80 bits per heavy atom. The van der Waals surface area contributed by atoms with Crippen LogP contribution in [0, 0.1) is 13.8 Å².